The van der Waals surface area contributed by atoms with Crippen LogP contribution in [-0.4, -0.2) is 24.2 Å². The van der Waals surface area contributed by atoms with Gasteiger partial charge in [0.05, 0.1) is 19.3 Å². The fourth-order valence-corrected chi connectivity index (χ4v) is 2.61. The Labute approximate surface area is 125 Å². The molecule has 1 rings (SSSR count). The Balaban J connectivity index is 2.38. The first-order chi connectivity index (χ1) is 8.27. The van der Waals surface area contributed by atoms with Gasteiger partial charge in [0.15, 0.2) is 0 Å². The predicted molar refractivity (Wildman–Crippen MR) is 82.8 cm³/mol. The van der Waals surface area contributed by atoms with Gasteiger partial charge < -0.3 is 9.47 Å². The van der Waals surface area contributed by atoms with Gasteiger partial charge in [-0.2, -0.15) is 0 Å². The molecule has 1 atom stereocenters. The van der Waals surface area contributed by atoms with Crippen molar-refractivity contribution in [1.82, 2.24) is 0 Å². The number of benzene rings is 1. The fraction of sp³-hybridized carbons (Fsp3) is 0.538. The van der Waals surface area contributed by atoms with Crippen LogP contribution < -0.4 is 0 Å². The van der Waals surface area contributed by atoms with Crippen LogP contribution in [0.3, 0.4) is 0 Å². The van der Waals surface area contributed by atoms with E-state index in [1.165, 1.54) is 5.56 Å². The molecule has 96 valence electrons. The summed E-state index contributed by atoms with van der Waals surface area (Å²) >= 11 is 5.83. The molecule has 0 saturated carbocycles. The molecule has 1 unspecified atom stereocenters. The molecule has 0 saturated heterocycles. The van der Waals surface area contributed by atoms with E-state index < -0.39 is 0 Å². The van der Waals surface area contributed by atoms with Gasteiger partial charge in [0.25, 0.3) is 0 Å². The molecule has 1 aromatic carbocycles. The standard InChI is InChI=1S/C13H18BrIO2/c1-2-6-16-7-8-17-13(10-15)11-4-3-5-12(14)9-11/h3-5,9,13H,2,6-8,10H2,1H3. The Morgan fingerprint density at radius 3 is 2.76 bits per heavy atom. The first kappa shape index (κ1) is 15.4. The van der Waals surface area contributed by atoms with Crippen molar-refractivity contribution in [3.8, 4) is 0 Å². The highest BCUT2D eigenvalue weighted by Crippen LogP contribution is 2.23. The highest BCUT2D eigenvalue weighted by Gasteiger charge is 2.10. The summed E-state index contributed by atoms with van der Waals surface area (Å²) in [5.74, 6) is 0. The van der Waals surface area contributed by atoms with E-state index in [0.29, 0.717) is 13.2 Å². The number of alkyl halides is 1. The van der Waals surface area contributed by atoms with Crippen LogP contribution >= 0.6 is 38.5 Å². The van der Waals surface area contributed by atoms with Crippen LogP contribution in [0.1, 0.15) is 25.0 Å². The van der Waals surface area contributed by atoms with E-state index in [0.717, 1.165) is 21.9 Å². The van der Waals surface area contributed by atoms with Gasteiger partial charge in [-0.1, -0.05) is 57.6 Å². The Morgan fingerprint density at radius 1 is 1.29 bits per heavy atom. The van der Waals surface area contributed by atoms with Gasteiger partial charge in [-0.15, -0.1) is 0 Å². The molecule has 17 heavy (non-hydrogen) atoms. The molecule has 2 nitrogen and oxygen atoms in total. The summed E-state index contributed by atoms with van der Waals surface area (Å²) in [6, 6.07) is 8.27. The smallest absolute Gasteiger partial charge is 0.0915 e. The highest BCUT2D eigenvalue weighted by atomic mass is 127. The van der Waals surface area contributed by atoms with Crippen LogP contribution in [0.5, 0.6) is 0 Å². The molecular weight excluding hydrogens is 395 g/mol. The second kappa shape index (κ2) is 9.30. The van der Waals surface area contributed by atoms with Gasteiger partial charge >= 0.3 is 0 Å². The molecule has 0 aliphatic carbocycles. The lowest BCUT2D eigenvalue weighted by Crippen LogP contribution is -2.11. The average Bonchev–Trinajstić information content (AvgIpc) is 2.34. The lowest BCUT2D eigenvalue weighted by Gasteiger charge is -2.16. The lowest BCUT2D eigenvalue weighted by molar-refractivity contribution is 0.0147. The van der Waals surface area contributed by atoms with Crippen molar-refractivity contribution < 1.29 is 9.47 Å². The number of ether oxygens (including phenoxy) is 2. The van der Waals surface area contributed by atoms with Crippen LogP contribution in [0, 0.1) is 0 Å². The summed E-state index contributed by atoms with van der Waals surface area (Å²) in [6.45, 7) is 4.25. The molecular formula is C13H18BrIO2. The summed E-state index contributed by atoms with van der Waals surface area (Å²) in [7, 11) is 0. The third-order valence-electron chi connectivity index (χ3n) is 2.26. The summed E-state index contributed by atoms with van der Waals surface area (Å²) in [6.07, 6.45) is 1.21. The summed E-state index contributed by atoms with van der Waals surface area (Å²) in [5.41, 5.74) is 1.21. The second-order valence-electron chi connectivity index (χ2n) is 3.68. The quantitative estimate of drug-likeness (QED) is 0.358. The van der Waals surface area contributed by atoms with Gasteiger partial charge in [0.1, 0.15) is 0 Å². The highest BCUT2D eigenvalue weighted by molar-refractivity contribution is 14.1. The number of halogens is 2. The van der Waals surface area contributed by atoms with Crippen molar-refractivity contribution in [3.05, 3.63) is 34.3 Å². The normalized spacial score (nSPS) is 12.6. The Hall–Kier alpha value is 0.350. The molecule has 0 radical (unpaired) electrons. The largest absolute Gasteiger partial charge is 0.379 e. The van der Waals surface area contributed by atoms with Gasteiger partial charge in [0.2, 0.25) is 0 Å². The maximum Gasteiger partial charge on any atom is 0.0915 e. The maximum absolute atomic E-state index is 5.83. The minimum absolute atomic E-state index is 0.151. The van der Waals surface area contributed by atoms with Crippen molar-refractivity contribution in [1.29, 1.82) is 0 Å². The van der Waals surface area contributed by atoms with Gasteiger partial charge in [-0.05, 0) is 24.1 Å². The summed E-state index contributed by atoms with van der Waals surface area (Å²) in [5, 5.41) is 0. The van der Waals surface area contributed by atoms with Crippen molar-refractivity contribution in [2.45, 2.75) is 19.4 Å². The topological polar surface area (TPSA) is 18.5 Å². The number of hydrogen-bond donors (Lipinski definition) is 0. The molecule has 1 aromatic rings. The average molecular weight is 413 g/mol. The number of rotatable bonds is 8. The van der Waals surface area contributed by atoms with E-state index in [2.05, 4.69) is 57.6 Å². The van der Waals surface area contributed by atoms with E-state index >= 15 is 0 Å². The van der Waals surface area contributed by atoms with E-state index in [1.54, 1.807) is 0 Å². The maximum atomic E-state index is 5.83. The second-order valence-corrected chi connectivity index (χ2v) is 5.48. The van der Waals surface area contributed by atoms with Crippen molar-refractivity contribution >= 4 is 38.5 Å². The van der Waals surface area contributed by atoms with Crippen LogP contribution in [0.4, 0.5) is 0 Å². The molecule has 0 aliphatic rings. The lowest BCUT2D eigenvalue weighted by atomic mass is 10.1. The number of hydrogen-bond acceptors (Lipinski definition) is 2. The fourth-order valence-electron chi connectivity index (χ4n) is 1.43. The zero-order valence-electron chi connectivity index (χ0n) is 9.99. The van der Waals surface area contributed by atoms with Crippen LogP contribution in [0.2, 0.25) is 0 Å². The van der Waals surface area contributed by atoms with E-state index in [1.807, 2.05) is 12.1 Å². The zero-order valence-corrected chi connectivity index (χ0v) is 13.7. The molecule has 0 N–H and O–H groups in total. The first-order valence-electron chi connectivity index (χ1n) is 5.78. The van der Waals surface area contributed by atoms with Crippen LogP contribution in [0.15, 0.2) is 28.7 Å². The monoisotopic (exact) mass is 412 g/mol. The molecule has 4 heteroatoms. The zero-order chi connectivity index (χ0) is 12.5. The third-order valence-corrected chi connectivity index (χ3v) is 3.55. The molecule has 0 spiro atoms. The molecule has 0 bridgehead atoms. The molecule has 0 amide bonds. The predicted octanol–water partition coefficient (Wildman–Crippen LogP) is 4.37. The SMILES string of the molecule is CCCOCCOC(CI)c1cccc(Br)c1. The molecule has 0 fully saturated rings. The Morgan fingerprint density at radius 2 is 2.12 bits per heavy atom. The van der Waals surface area contributed by atoms with Crippen molar-refractivity contribution in [3.63, 3.8) is 0 Å². The van der Waals surface area contributed by atoms with Crippen LogP contribution in [0.25, 0.3) is 0 Å². The minimum atomic E-state index is 0.151. The van der Waals surface area contributed by atoms with E-state index in [4.69, 9.17) is 9.47 Å². The van der Waals surface area contributed by atoms with Crippen molar-refractivity contribution in [2.24, 2.45) is 0 Å². The van der Waals surface area contributed by atoms with Crippen LogP contribution in [-0.2, 0) is 9.47 Å². The molecule has 0 heterocycles. The van der Waals surface area contributed by atoms with E-state index in [9.17, 15) is 0 Å². The molecule has 0 aromatic heterocycles. The summed E-state index contributed by atoms with van der Waals surface area (Å²) < 4.78 is 13.3. The van der Waals surface area contributed by atoms with Gasteiger partial charge in [-0.3, -0.25) is 0 Å². The van der Waals surface area contributed by atoms with Crippen molar-refractivity contribution in [2.75, 3.05) is 24.2 Å². The third kappa shape index (κ3) is 6.18. The summed E-state index contributed by atoms with van der Waals surface area (Å²) in [4.78, 5) is 0. The van der Waals surface area contributed by atoms with Gasteiger partial charge in [0, 0.05) is 15.5 Å². The Bertz CT molecular complexity index is 320. The molecule has 0 aliphatic heterocycles. The van der Waals surface area contributed by atoms with E-state index in [-0.39, 0.29) is 6.10 Å². The minimum Gasteiger partial charge on any atom is -0.379 e. The van der Waals surface area contributed by atoms with Gasteiger partial charge in [-0.25, -0.2) is 0 Å². The first-order valence-corrected chi connectivity index (χ1v) is 8.10. The Kier molecular flexibility index (Phi) is 8.43.